The van der Waals surface area contributed by atoms with Crippen LogP contribution in [-0.4, -0.2) is 34.7 Å². The molecule has 2 saturated carbocycles. The molecule has 0 heterocycles. The monoisotopic (exact) mass is 356 g/mol. The van der Waals surface area contributed by atoms with Gasteiger partial charge in [-0.05, 0) is 50.0 Å². The van der Waals surface area contributed by atoms with Crippen LogP contribution < -0.4 is 11.5 Å². The van der Waals surface area contributed by atoms with E-state index in [0.717, 1.165) is 51.4 Å². The highest BCUT2D eigenvalue weighted by Gasteiger charge is 2.33. The first-order valence-corrected chi connectivity index (χ1v) is 9.75. The number of aliphatic carboxylic acids is 2. The third-order valence-corrected chi connectivity index (χ3v) is 6.02. The highest BCUT2D eigenvalue weighted by atomic mass is 16.4. The van der Waals surface area contributed by atoms with Crippen LogP contribution in [0.1, 0.15) is 77.6 Å². The van der Waals surface area contributed by atoms with Gasteiger partial charge in [-0.1, -0.05) is 39.0 Å². The molecule has 0 unspecified atom stereocenters. The third-order valence-electron chi connectivity index (χ3n) is 6.02. The molecule has 0 saturated heterocycles. The van der Waals surface area contributed by atoms with Crippen molar-refractivity contribution in [2.75, 3.05) is 6.54 Å². The Morgan fingerprint density at radius 3 is 2.12 bits per heavy atom. The zero-order valence-corrected chi connectivity index (χ0v) is 15.6. The molecule has 0 bridgehead atoms. The second kappa shape index (κ2) is 10.8. The number of hydrogen-bond donors (Lipinski definition) is 4. The predicted octanol–water partition coefficient (Wildman–Crippen LogP) is 2.99. The number of nitrogens with two attached hydrogens (primary N) is 2. The maximum atomic E-state index is 10.9. The lowest BCUT2D eigenvalue weighted by Gasteiger charge is -2.34. The van der Waals surface area contributed by atoms with Crippen molar-refractivity contribution in [2.24, 2.45) is 28.7 Å². The molecule has 2 aliphatic carbocycles. The van der Waals surface area contributed by atoms with Crippen molar-refractivity contribution in [3.05, 3.63) is 0 Å². The SMILES string of the molecule is CC[C@H](C(=O)O)[C@@H]1CCCC[C@@H]1N.NCC1(CC(=O)O)CCCCC1. The summed E-state index contributed by atoms with van der Waals surface area (Å²) in [4.78, 5) is 21.5. The number of carboxylic acid groups (broad SMARTS) is 2. The van der Waals surface area contributed by atoms with E-state index in [9.17, 15) is 9.59 Å². The molecule has 25 heavy (non-hydrogen) atoms. The van der Waals surface area contributed by atoms with Gasteiger partial charge in [0.25, 0.3) is 0 Å². The van der Waals surface area contributed by atoms with Crippen molar-refractivity contribution in [3.8, 4) is 0 Å². The fourth-order valence-corrected chi connectivity index (χ4v) is 4.42. The van der Waals surface area contributed by atoms with Crippen molar-refractivity contribution in [2.45, 2.75) is 83.6 Å². The summed E-state index contributed by atoms with van der Waals surface area (Å²) in [6.45, 7) is 2.46. The lowest BCUT2D eigenvalue weighted by molar-refractivity contribution is -0.144. The zero-order valence-electron chi connectivity index (χ0n) is 15.6. The number of rotatable bonds is 6. The molecular weight excluding hydrogens is 320 g/mol. The van der Waals surface area contributed by atoms with Gasteiger partial charge in [-0.25, -0.2) is 0 Å². The van der Waals surface area contributed by atoms with Crippen LogP contribution in [0.25, 0.3) is 0 Å². The Kier molecular flexibility index (Phi) is 9.43. The predicted molar refractivity (Wildman–Crippen MR) is 98.2 cm³/mol. The van der Waals surface area contributed by atoms with Crippen LogP contribution in [0, 0.1) is 17.3 Å². The van der Waals surface area contributed by atoms with Crippen LogP contribution in [-0.2, 0) is 9.59 Å². The van der Waals surface area contributed by atoms with Crippen molar-refractivity contribution < 1.29 is 19.8 Å². The van der Waals surface area contributed by atoms with Crippen LogP contribution in [0.15, 0.2) is 0 Å². The normalized spacial score (nSPS) is 26.8. The lowest BCUT2D eigenvalue weighted by Crippen LogP contribution is -2.40. The molecule has 0 amide bonds. The molecule has 2 aliphatic rings. The van der Waals surface area contributed by atoms with Gasteiger partial charge in [0.2, 0.25) is 0 Å². The molecule has 0 aliphatic heterocycles. The third kappa shape index (κ3) is 6.94. The summed E-state index contributed by atoms with van der Waals surface area (Å²) in [6.07, 6.45) is 10.8. The Bertz CT molecular complexity index is 422. The molecule has 2 fully saturated rings. The van der Waals surface area contributed by atoms with Gasteiger partial charge in [0.05, 0.1) is 12.3 Å². The van der Waals surface area contributed by atoms with E-state index in [0.29, 0.717) is 13.0 Å². The summed E-state index contributed by atoms with van der Waals surface area (Å²) in [7, 11) is 0. The summed E-state index contributed by atoms with van der Waals surface area (Å²) in [6, 6.07) is 0.106. The quantitative estimate of drug-likeness (QED) is 0.579. The molecule has 6 N–H and O–H groups in total. The minimum absolute atomic E-state index is 0.0793. The first-order valence-electron chi connectivity index (χ1n) is 9.75. The fraction of sp³-hybridized carbons (Fsp3) is 0.895. The second-order valence-corrected chi connectivity index (χ2v) is 7.80. The summed E-state index contributed by atoms with van der Waals surface area (Å²) in [5, 5.41) is 17.7. The van der Waals surface area contributed by atoms with Gasteiger partial charge in [0, 0.05) is 6.04 Å². The van der Waals surface area contributed by atoms with Crippen LogP contribution in [0.3, 0.4) is 0 Å². The largest absolute Gasteiger partial charge is 0.481 e. The number of hydrogen-bond acceptors (Lipinski definition) is 4. The average Bonchev–Trinajstić information content (AvgIpc) is 2.58. The molecule has 6 heteroatoms. The maximum absolute atomic E-state index is 10.9. The number of carboxylic acids is 2. The summed E-state index contributed by atoms with van der Waals surface area (Å²) >= 11 is 0. The van der Waals surface area contributed by atoms with E-state index in [1.807, 2.05) is 6.92 Å². The fourth-order valence-electron chi connectivity index (χ4n) is 4.42. The number of carbonyl (C=O) groups is 2. The van der Waals surface area contributed by atoms with Gasteiger partial charge in [-0.2, -0.15) is 0 Å². The Morgan fingerprint density at radius 2 is 1.68 bits per heavy atom. The van der Waals surface area contributed by atoms with E-state index in [-0.39, 0.29) is 29.7 Å². The standard InChI is InChI=1S/C10H19NO2.C9H17NO2/c1-2-7(10(12)13)8-5-3-4-6-9(8)11;10-7-9(6-8(11)12)4-2-1-3-5-9/h7-9H,2-6,11H2,1H3,(H,12,13);1-7,10H2,(H,11,12)/t7-,8-,9-;/m0./s1. The van der Waals surface area contributed by atoms with Crippen LogP contribution in [0.4, 0.5) is 0 Å². The van der Waals surface area contributed by atoms with E-state index < -0.39 is 11.9 Å². The van der Waals surface area contributed by atoms with E-state index >= 15 is 0 Å². The molecule has 3 atom stereocenters. The molecule has 0 aromatic rings. The first-order chi connectivity index (χ1) is 11.8. The second-order valence-electron chi connectivity index (χ2n) is 7.80. The van der Waals surface area contributed by atoms with E-state index in [1.54, 1.807) is 0 Å². The average molecular weight is 357 g/mol. The maximum Gasteiger partial charge on any atom is 0.306 e. The van der Waals surface area contributed by atoms with E-state index in [1.165, 1.54) is 6.42 Å². The Hall–Kier alpha value is -1.14. The molecule has 0 spiro atoms. The van der Waals surface area contributed by atoms with Crippen molar-refractivity contribution in [1.29, 1.82) is 0 Å². The topological polar surface area (TPSA) is 127 Å². The van der Waals surface area contributed by atoms with Gasteiger partial charge in [-0.3, -0.25) is 9.59 Å². The van der Waals surface area contributed by atoms with Gasteiger partial charge < -0.3 is 21.7 Å². The van der Waals surface area contributed by atoms with Gasteiger partial charge >= 0.3 is 11.9 Å². The molecule has 0 aromatic heterocycles. The molecule has 6 nitrogen and oxygen atoms in total. The Morgan fingerprint density at radius 1 is 1.08 bits per heavy atom. The van der Waals surface area contributed by atoms with E-state index in [4.69, 9.17) is 21.7 Å². The Balaban J connectivity index is 0.000000251. The van der Waals surface area contributed by atoms with Gasteiger partial charge in [0.15, 0.2) is 0 Å². The lowest BCUT2D eigenvalue weighted by atomic mass is 9.72. The highest BCUT2D eigenvalue weighted by molar-refractivity contribution is 5.70. The zero-order chi connectivity index (χ0) is 18.9. The van der Waals surface area contributed by atoms with Crippen molar-refractivity contribution >= 4 is 11.9 Å². The van der Waals surface area contributed by atoms with Crippen LogP contribution >= 0.6 is 0 Å². The van der Waals surface area contributed by atoms with Gasteiger partial charge in [-0.15, -0.1) is 0 Å². The van der Waals surface area contributed by atoms with E-state index in [2.05, 4.69) is 0 Å². The minimum Gasteiger partial charge on any atom is -0.481 e. The van der Waals surface area contributed by atoms with Crippen molar-refractivity contribution in [1.82, 2.24) is 0 Å². The highest BCUT2D eigenvalue weighted by Crippen LogP contribution is 2.38. The smallest absolute Gasteiger partial charge is 0.306 e. The molecule has 0 aromatic carbocycles. The van der Waals surface area contributed by atoms with Crippen molar-refractivity contribution in [3.63, 3.8) is 0 Å². The minimum atomic E-state index is -0.706. The van der Waals surface area contributed by atoms with Crippen LogP contribution in [0.2, 0.25) is 0 Å². The molecule has 146 valence electrons. The Labute approximate surface area is 151 Å². The summed E-state index contributed by atoms with van der Waals surface area (Å²) in [5.41, 5.74) is 11.5. The molecule has 2 rings (SSSR count). The first kappa shape index (κ1) is 21.9. The molecule has 0 radical (unpaired) electrons. The van der Waals surface area contributed by atoms with Crippen LogP contribution in [0.5, 0.6) is 0 Å². The molecular formula is C19H36N2O4. The van der Waals surface area contributed by atoms with Gasteiger partial charge in [0.1, 0.15) is 0 Å². The summed E-state index contributed by atoms with van der Waals surface area (Å²) < 4.78 is 0. The summed E-state index contributed by atoms with van der Waals surface area (Å²) in [5.74, 6) is -1.40.